The van der Waals surface area contributed by atoms with E-state index in [4.69, 9.17) is 4.74 Å². The highest BCUT2D eigenvalue weighted by Crippen LogP contribution is 2.41. The van der Waals surface area contributed by atoms with Gasteiger partial charge in [0.1, 0.15) is 11.6 Å². The normalized spacial score (nSPS) is 30.8. The summed E-state index contributed by atoms with van der Waals surface area (Å²) in [4.78, 5) is 0. The smallest absolute Gasteiger partial charge is 0.126 e. The van der Waals surface area contributed by atoms with Crippen LogP contribution < -0.4 is 5.32 Å². The van der Waals surface area contributed by atoms with Crippen molar-refractivity contribution in [1.82, 2.24) is 5.32 Å². The Balaban J connectivity index is 1.72. The molecular weight excluding hydrogens is 248 g/mol. The molecule has 0 saturated carbocycles. The number of ether oxygens (including phenoxy) is 1. The van der Waals surface area contributed by atoms with Crippen LogP contribution >= 0.6 is 0 Å². The fraction of sp³-hybridized carbons (Fsp3) is 0.600. The molecule has 4 unspecified atom stereocenters. The first-order valence-electron chi connectivity index (χ1n) is 6.93. The van der Waals surface area contributed by atoms with Gasteiger partial charge in [0.05, 0.1) is 12.2 Å². The van der Waals surface area contributed by atoms with E-state index in [1.807, 2.05) is 7.05 Å². The molecule has 0 radical (unpaired) electrons. The Kier molecular flexibility index (Phi) is 3.54. The zero-order chi connectivity index (χ0) is 13.4. The summed E-state index contributed by atoms with van der Waals surface area (Å²) in [7, 11) is 1.91. The zero-order valence-electron chi connectivity index (χ0n) is 11.0. The molecule has 3 rings (SSSR count). The van der Waals surface area contributed by atoms with Crippen LogP contribution in [0.4, 0.5) is 8.78 Å². The van der Waals surface area contributed by atoms with Crippen molar-refractivity contribution >= 4 is 0 Å². The largest absolute Gasteiger partial charge is 0.375 e. The lowest BCUT2D eigenvalue weighted by molar-refractivity contribution is 0.0863. The van der Waals surface area contributed by atoms with Crippen molar-refractivity contribution < 1.29 is 13.5 Å². The molecule has 0 aliphatic carbocycles. The van der Waals surface area contributed by atoms with Gasteiger partial charge >= 0.3 is 0 Å². The first-order valence-corrected chi connectivity index (χ1v) is 6.93. The second kappa shape index (κ2) is 5.17. The Bertz CT molecular complexity index is 445. The maximum atomic E-state index is 13.2. The predicted octanol–water partition coefficient (Wildman–Crippen LogP) is 2.66. The van der Waals surface area contributed by atoms with Gasteiger partial charge < -0.3 is 10.1 Å². The van der Waals surface area contributed by atoms with Crippen molar-refractivity contribution in [3.63, 3.8) is 0 Å². The summed E-state index contributed by atoms with van der Waals surface area (Å²) in [5, 5.41) is 3.29. The molecule has 1 aromatic carbocycles. The standard InChI is InChI=1S/C15H19F2NO/c1-18-14(13-8-12-2-3-15(13)19-12)6-9-4-10(16)7-11(17)5-9/h4-5,7,12-15,18H,2-3,6,8H2,1H3. The number of nitrogens with one attached hydrogen (secondary N) is 1. The maximum Gasteiger partial charge on any atom is 0.126 e. The molecule has 2 aliphatic heterocycles. The second-order valence-corrected chi connectivity index (χ2v) is 5.65. The van der Waals surface area contributed by atoms with Crippen LogP contribution in [0.3, 0.4) is 0 Å². The average Bonchev–Trinajstić information content (AvgIpc) is 2.96. The molecule has 0 aromatic heterocycles. The molecule has 4 heteroatoms. The van der Waals surface area contributed by atoms with E-state index in [1.165, 1.54) is 12.1 Å². The fourth-order valence-electron chi connectivity index (χ4n) is 3.55. The van der Waals surface area contributed by atoms with Crippen molar-refractivity contribution in [2.75, 3.05) is 7.05 Å². The summed E-state index contributed by atoms with van der Waals surface area (Å²) >= 11 is 0. The molecule has 1 aromatic rings. The van der Waals surface area contributed by atoms with Crippen molar-refractivity contribution in [3.05, 3.63) is 35.4 Å². The molecule has 1 N–H and O–H groups in total. The van der Waals surface area contributed by atoms with Gasteiger partial charge in [0.25, 0.3) is 0 Å². The monoisotopic (exact) mass is 267 g/mol. The number of rotatable bonds is 4. The Morgan fingerprint density at radius 1 is 1.26 bits per heavy atom. The van der Waals surface area contributed by atoms with Gasteiger partial charge in [-0.05, 0) is 50.4 Å². The van der Waals surface area contributed by atoms with E-state index in [9.17, 15) is 8.78 Å². The lowest BCUT2D eigenvalue weighted by atomic mass is 9.81. The highest BCUT2D eigenvalue weighted by molar-refractivity contribution is 5.19. The van der Waals surface area contributed by atoms with Crippen LogP contribution in [-0.4, -0.2) is 25.3 Å². The zero-order valence-corrected chi connectivity index (χ0v) is 11.0. The summed E-state index contributed by atoms with van der Waals surface area (Å²) in [6.45, 7) is 0. The Labute approximate surface area is 112 Å². The summed E-state index contributed by atoms with van der Waals surface area (Å²) in [5.74, 6) is -0.557. The number of hydrogen-bond acceptors (Lipinski definition) is 2. The lowest BCUT2D eigenvalue weighted by Gasteiger charge is -2.28. The van der Waals surface area contributed by atoms with Crippen LogP contribution in [0.5, 0.6) is 0 Å². The molecule has 2 fully saturated rings. The third-order valence-electron chi connectivity index (χ3n) is 4.42. The van der Waals surface area contributed by atoms with Crippen LogP contribution in [0, 0.1) is 17.6 Å². The highest BCUT2D eigenvalue weighted by atomic mass is 19.1. The van der Waals surface area contributed by atoms with E-state index >= 15 is 0 Å². The van der Waals surface area contributed by atoms with Crippen LogP contribution in [0.1, 0.15) is 24.8 Å². The van der Waals surface area contributed by atoms with E-state index < -0.39 is 11.6 Å². The Morgan fingerprint density at radius 3 is 2.53 bits per heavy atom. The quantitative estimate of drug-likeness (QED) is 0.905. The Hall–Kier alpha value is -1.00. The predicted molar refractivity (Wildman–Crippen MR) is 68.9 cm³/mol. The van der Waals surface area contributed by atoms with E-state index in [0.29, 0.717) is 30.1 Å². The minimum Gasteiger partial charge on any atom is -0.375 e. The van der Waals surface area contributed by atoms with E-state index in [-0.39, 0.29) is 6.04 Å². The highest BCUT2D eigenvalue weighted by Gasteiger charge is 2.43. The van der Waals surface area contributed by atoms with Crippen LogP contribution in [-0.2, 0) is 11.2 Å². The van der Waals surface area contributed by atoms with Gasteiger partial charge in [-0.3, -0.25) is 0 Å². The van der Waals surface area contributed by atoms with E-state index in [1.54, 1.807) is 0 Å². The third-order valence-corrected chi connectivity index (χ3v) is 4.42. The minimum absolute atomic E-state index is 0.219. The molecular formula is C15H19F2NO. The fourth-order valence-corrected chi connectivity index (χ4v) is 3.55. The van der Waals surface area contributed by atoms with Crippen molar-refractivity contribution in [1.29, 1.82) is 0 Å². The SMILES string of the molecule is CNC(Cc1cc(F)cc(F)c1)C1CC2CCC1O2. The molecule has 104 valence electrons. The number of hydrogen-bond donors (Lipinski definition) is 1. The topological polar surface area (TPSA) is 21.3 Å². The third kappa shape index (κ3) is 2.65. The van der Waals surface area contributed by atoms with Crippen LogP contribution in [0.25, 0.3) is 0 Å². The van der Waals surface area contributed by atoms with Crippen LogP contribution in [0.15, 0.2) is 18.2 Å². The first-order chi connectivity index (χ1) is 9.15. The van der Waals surface area contributed by atoms with Gasteiger partial charge in [-0.15, -0.1) is 0 Å². The summed E-state index contributed by atoms with van der Waals surface area (Å²) in [6, 6.07) is 3.97. The van der Waals surface area contributed by atoms with E-state index in [2.05, 4.69) is 5.32 Å². The molecule has 0 amide bonds. The molecule has 2 heterocycles. The average molecular weight is 267 g/mol. The molecule has 2 aliphatic rings. The molecule has 2 nitrogen and oxygen atoms in total. The van der Waals surface area contributed by atoms with Gasteiger partial charge in [0.15, 0.2) is 0 Å². The van der Waals surface area contributed by atoms with Gasteiger partial charge in [-0.1, -0.05) is 0 Å². The number of fused-ring (bicyclic) bond motifs is 2. The summed E-state index contributed by atoms with van der Waals surface area (Å²) in [5.41, 5.74) is 0.708. The van der Waals surface area contributed by atoms with Gasteiger partial charge in [-0.25, -0.2) is 8.78 Å². The van der Waals surface area contributed by atoms with Crippen molar-refractivity contribution in [2.45, 2.75) is 43.9 Å². The first kappa shape index (κ1) is 13.0. The van der Waals surface area contributed by atoms with Crippen molar-refractivity contribution in [2.24, 2.45) is 5.92 Å². The molecule has 2 bridgehead atoms. The van der Waals surface area contributed by atoms with Crippen molar-refractivity contribution in [3.8, 4) is 0 Å². The number of halogens is 2. The second-order valence-electron chi connectivity index (χ2n) is 5.65. The number of benzene rings is 1. The molecule has 2 saturated heterocycles. The van der Waals surface area contributed by atoms with Gasteiger partial charge in [0, 0.05) is 18.0 Å². The maximum absolute atomic E-state index is 13.2. The number of likely N-dealkylation sites (N-methyl/N-ethyl adjacent to an activating group) is 1. The molecule has 0 spiro atoms. The Morgan fingerprint density at radius 2 is 2.00 bits per heavy atom. The molecule has 4 atom stereocenters. The van der Waals surface area contributed by atoms with Crippen LogP contribution in [0.2, 0.25) is 0 Å². The summed E-state index contributed by atoms with van der Waals surface area (Å²) in [6.07, 6.45) is 4.70. The lowest BCUT2D eigenvalue weighted by Crippen LogP contribution is -2.40. The summed E-state index contributed by atoms with van der Waals surface area (Å²) < 4.78 is 32.3. The van der Waals surface area contributed by atoms with Gasteiger partial charge in [0.2, 0.25) is 0 Å². The molecule has 19 heavy (non-hydrogen) atoms. The van der Waals surface area contributed by atoms with Gasteiger partial charge in [-0.2, -0.15) is 0 Å². The minimum atomic E-state index is -0.506. The van der Waals surface area contributed by atoms with E-state index in [0.717, 1.165) is 25.3 Å².